The highest BCUT2D eigenvalue weighted by molar-refractivity contribution is 6.36. The number of rotatable bonds is 4. The molecule has 4 heterocycles. The quantitative estimate of drug-likeness (QED) is 0.180. The van der Waals surface area contributed by atoms with Crippen molar-refractivity contribution < 1.29 is 0 Å². The molecule has 59 heavy (non-hydrogen) atoms. The smallest absolute Gasteiger partial charge is 0.165 e. The summed E-state index contributed by atoms with van der Waals surface area (Å²) in [6.07, 6.45) is 0. The highest BCUT2D eigenvalue weighted by atomic mass is 15.1. The molecule has 13 aromatic rings. The molecule has 0 bridgehead atoms. The molecule has 0 atom stereocenters. The second kappa shape index (κ2) is 12.2. The molecule has 0 fully saturated rings. The van der Waals surface area contributed by atoms with Crippen molar-refractivity contribution in [3.63, 3.8) is 0 Å². The normalized spacial score (nSPS) is 12.1. The van der Waals surface area contributed by atoms with Crippen molar-refractivity contribution in [2.75, 3.05) is 0 Å². The molecule has 0 unspecified atom stereocenters. The number of nitrogens with zero attached hydrogens (tertiary/aromatic N) is 5. The van der Waals surface area contributed by atoms with E-state index in [9.17, 15) is 0 Å². The van der Waals surface area contributed by atoms with Crippen LogP contribution in [0, 0.1) is 0 Å². The van der Waals surface area contributed by atoms with Gasteiger partial charge in [0.15, 0.2) is 5.82 Å². The molecule has 0 radical (unpaired) electrons. The first-order valence-electron chi connectivity index (χ1n) is 20.1. The van der Waals surface area contributed by atoms with E-state index in [1.54, 1.807) is 0 Å². The first-order valence-corrected chi connectivity index (χ1v) is 20.1. The predicted molar refractivity (Wildman–Crippen MR) is 245 cm³/mol. The molecule has 0 aliphatic carbocycles. The predicted octanol–water partition coefficient (Wildman–Crippen LogP) is 13.7. The average molecular weight is 752 g/mol. The van der Waals surface area contributed by atoms with E-state index < -0.39 is 0 Å². The second-order valence-corrected chi connectivity index (χ2v) is 15.3. The van der Waals surface area contributed by atoms with Gasteiger partial charge in [-0.1, -0.05) is 140 Å². The Morgan fingerprint density at radius 2 is 0.746 bits per heavy atom. The van der Waals surface area contributed by atoms with Crippen LogP contribution in [0.2, 0.25) is 0 Å². The van der Waals surface area contributed by atoms with Crippen molar-refractivity contribution in [1.29, 1.82) is 0 Å². The minimum Gasteiger partial charge on any atom is -0.309 e. The summed E-state index contributed by atoms with van der Waals surface area (Å²) in [6.45, 7) is 0. The molecule has 0 saturated carbocycles. The molecule has 0 N–H and O–H groups in total. The maximum absolute atomic E-state index is 5.63. The Bertz CT molecular complexity index is 3830. The third-order valence-corrected chi connectivity index (χ3v) is 12.2. The minimum atomic E-state index is 0.790. The zero-order valence-electron chi connectivity index (χ0n) is 31.8. The molecule has 5 nitrogen and oxygen atoms in total. The van der Waals surface area contributed by atoms with E-state index in [4.69, 9.17) is 9.97 Å². The minimum absolute atomic E-state index is 0.790. The number of aromatic nitrogens is 5. The molecule has 0 saturated heterocycles. The van der Waals surface area contributed by atoms with Crippen molar-refractivity contribution in [2.24, 2.45) is 0 Å². The molecule has 0 aliphatic heterocycles. The molecule has 4 aromatic heterocycles. The molecule has 0 amide bonds. The van der Waals surface area contributed by atoms with Gasteiger partial charge in [-0.3, -0.25) is 4.57 Å². The topological polar surface area (TPSA) is 40.6 Å². The van der Waals surface area contributed by atoms with Crippen LogP contribution in [-0.4, -0.2) is 23.7 Å². The Hall–Kier alpha value is -8.02. The Labute approximate surface area is 338 Å². The highest BCUT2D eigenvalue weighted by Crippen LogP contribution is 2.47. The van der Waals surface area contributed by atoms with Gasteiger partial charge >= 0.3 is 0 Å². The van der Waals surface area contributed by atoms with Gasteiger partial charge in [-0.05, 0) is 71.4 Å². The van der Waals surface area contributed by atoms with Crippen LogP contribution in [0.25, 0.3) is 116 Å². The van der Waals surface area contributed by atoms with Gasteiger partial charge < -0.3 is 9.13 Å². The summed E-state index contributed by atoms with van der Waals surface area (Å²) in [5, 5.41) is 9.66. The van der Waals surface area contributed by atoms with Gasteiger partial charge in [0.1, 0.15) is 5.69 Å². The van der Waals surface area contributed by atoms with Crippen LogP contribution in [0.3, 0.4) is 0 Å². The maximum atomic E-state index is 5.63. The van der Waals surface area contributed by atoms with Gasteiger partial charge in [-0.15, -0.1) is 0 Å². The Balaban J connectivity index is 1.24. The SMILES string of the molecule is c1ccc(-n2c3ccccc3c3ccc(-c4nc5ccccc5nc4-n4c5ccccc5c5c6ccccc6c6c7ccccc7n(-c7ccccc7)c6c54)cc32)cc1. The van der Waals surface area contributed by atoms with Crippen molar-refractivity contribution in [3.05, 3.63) is 200 Å². The molecule has 274 valence electrons. The first-order chi connectivity index (χ1) is 29.3. The lowest BCUT2D eigenvalue weighted by molar-refractivity contribution is 1.08. The van der Waals surface area contributed by atoms with Crippen LogP contribution in [0.15, 0.2) is 200 Å². The van der Waals surface area contributed by atoms with Gasteiger partial charge in [0.25, 0.3) is 0 Å². The number of para-hydroxylation sites is 7. The fourth-order valence-electron chi connectivity index (χ4n) is 9.77. The third kappa shape index (κ3) is 4.50. The zero-order chi connectivity index (χ0) is 38.6. The molecular weight excluding hydrogens is 719 g/mol. The molecule has 9 aromatic carbocycles. The Kier molecular flexibility index (Phi) is 6.66. The van der Waals surface area contributed by atoms with Crippen LogP contribution < -0.4 is 0 Å². The standard InChI is InChI=1S/C54H33N5/c1-3-17-35(18-4-1)57-45-28-14-9-21-37(45)38-32-31-34(33-48(38)57)51-54(56-44-27-13-12-26-43(44)55-51)59-47-30-16-11-25-42(47)50-40-23-8-7-22-39(40)49-41-24-10-15-29-46(41)58(52(49)53(50)59)36-19-5-2-6-20-36/h1-33H. The summed E-state index contributed by atoms with van der Waals surface area (Å²) in [6, 6.07) is 71.6. The van der Waals surface area contributed by atoms with E-state index in [0.29, 0.717) is 0 Å². The van der Waals surface area contributed by atoms with Gasteiger partial charge in [-0.2, -0.15) is 0 Å². The summed E-state index contributed by atoms with van der Waals surface area (Å²) in [4.78, 5) is 11.2. The number of hydrogen-bond donors (Lipinski definition) is 0. The van der Waals surface area contributed by atoms with E-state index in [0.717, 1.165) is 67.1 Å². The van der Waals surface area contributed by atoms with Crippen LogP contribution in [0.5, 0.6) is 0 Å². The van der Waals surface area contributed by atoms with E-state index >= 15 is 0 Å². The van der Waals surface area contributed by atoms with E-state index in [-0.39, 0.29) is 0 Å². The molecule has 5 heteroatoms. The Morgan fingerprint density at radius 1 is 0.305 bits per heavy atom. The highest BCUT2D eigenvalue weighted by Gasteiger charge is 2.27. The summed E-state index contributed by atoms with van der Waals surface area (Å²) in [5.41, 5.74) is 12.5. The molecule has 0 aliphatic rings. The number of benzene rings is 9. The van der Waals surface area contributed by atoms with Crippen molar-refractivity contribution in [1.82, 2.24) is 23.7 Å². The van der Waals surface area contributed by atoms with E-state index in [2.05, 4.69) is 208 Å². The second-order valence-electron chi connectivity index (χ2n) is 15.3. The van der Waals surface area contributed by atoms with Crippen LogP contribution in [-0.2, 0) is 0 Å². The summed E-state index contributed by atoms with van der Waals surface area (Å²) in [7, 11) is 0. The van der Waals surface area contributed by atoms with Crippen LogP contribution in [0.1, 0.15) is 0 Å². The Morgan fingerprint density at radius 3 is 1.37 bits per heavy atom. The first kappa shape index (κ1) is 32.1. The fraction of sp³-hybridized carbons (Fsp3) is 0. The van der Waals surface area contributed by atoms with Crippen LogP contribution in [0.4, 0.5) is 0 Å². The lowest BCUT2D eigenvalue weighted by Gasteiger charge is -2.16. The van der Waals surface area contributed by atoms with E-state index in [1.807, 2.05) is 6.07 Å². The van der Waals surface area contributed by atoms with Crippen molar-refractivity contribution >= 4 is 87.2 Å². The fourth-order valence-corrected chi connectivity index (χ4v) is 9.77. The molecule has 0 spiro atoms. The third-order valence-electron chi connectivity index (χ3n) is 12.2. The number of fused-ring (bicyclic) bond motifs is 14. The monoisotopic (exact) mass is 751 g/mol. The van der Waals surface area contributed by atoms with Gasteiger partial charge in [0, 0.05) is 49.3 Å². The van der Waals surface area contributed by atoms with Gasteiger partial charge in [-0.25, -0.2) is 9.97 Å². The lowest BCUT2D eigenvalue weighted by Crippen LogP contribution is -2.05. The lowest BCUT2D eigenvalue weighted by atomic mass is 9.98. The molecular formula is C54H33N5. The largest absolute Gasteiger partial charge is 0.309 e. The summed E-state index contributed by atoms with van der Waals surface area (Å²) in [5.74, 6) is 0.790. The average Bonchev–Trinajstić information content (AvgIpc) is 3.95. The molecule has 13 rings (SSSR count). The summed E-state index contributed by atoms with van der Waals surface area (Å²) < 4.78 is 7.23. The van der Waals surface area contributed by atoms with Gasteiger partial charge in [0.05, 0.1) is 44.1 Å². The van der Waals surface area contributed by atoms with Gasteiger partial charge in [0.2, 0.25) is 0 Å². The van der Waals surface area contributed by atoms with Crippen molar-refractivity contribution in [3.8, 4) is 28.5 Å². The zero-order valence-corrected chi connectivity index (χ0v) is 31.8. The van der Waals surface area contributed by atoms with Crippen molar-refractivity contribution in [2.45, 2.75) is 0 Å². The van der Waals surface area contributed by atoms with Crippen LogP contribution >= 0.6 is 0 Å². The maximum Gasteiger partial charge on any atom is 0.165 e. The van der Waals surface area contributed by atoms with E-state index in [1.165, 1.54) is 48.6 Å². The summed E-state index contributed by atoms with van der Waals surface area (Å²) >= 11 is 0. The number of hydrogen-bond acceptors (Lipinski definition) is 2.